The highest BCUT2D eigenvalue weighted by molar-refractivity contribution is 7.90. The molecule has 1 atom stereocenters. The van der Waals surface area contributed by atoms with Crippen LogP contribution in [0.1, 0.15) is 47.8 Å². The summed E-state index contributed by atoms with van der Waals surface area (Å²) in [5.74, 6) is 0.541. The van der Waals surface area contributed by atoms with Crippen molar-refractivity contribution < 1.29 is 8.42 Å². The Morgan fingerprint density at radius 3 is 2.89 bits per heavy atom. The van der Waals surface area contributed by atoms with Crippen molar-refractivity contribution in [1.29, 1.82) is 0 Å². The van der Waals surface area contributed by atoms with Crippen molar-refractivity contribution in [3.63, 3.8) is 0 Å². The number of sulfone groups is 1. The molecule has 4 rings (SSSR count). The summed E-state index contributed by atoms with van der Waals surface area (Å²) in [6.07, 6.45) is 7.86. The van der Waals surface area contributed by atoms with Crippen LogP contribution in [0.25, 0.3) is 0 Å². The second-order valence-electron chi connectivity index (χ2n) is 7.09. The molecule has 0 amide bonds. The van der Waals surface area contributed by atoms with Crippen molar-refractivity contribution in [2.75, 3.05) is 24.7 Å². The van der Waals surface area contributed by atoms with E-state index in [1.54, 1.807) is 0 Å². The van der Waals surface area contributed by atoms with Gasteiger partial charge < -0.3 is 10.6 Å². The molecule has 0 bridgehead atoms. The standard InChI is InChI=1S/C17H24N6O2S.ClH/c1-26(24,25)15-10-20-17(21-16(15)11-4-3-7-18-8-11)19-9-14-12-5-2-6-13(12)22-23-14;/h10-11,18H,2-9H2,1H3,(H,22,23)(H,19,20,21);1H. The first-order chi connectivity index (χ1) is 12.5. The number of aromatic amines is 1. The fourth-order valence-corrected chi connectivity index (χ4v) is 4.67. The number of nitrogens with one attached hydrogen (secondary N) is 3. The Balaban J connectivity index is 0.00000210. The number of H-pyrrole nitrogens is 1. The molecule has 1 unspecified atom stereocenters. The van der Waals surface area contributed by atoms with Gasteiger partial charge in [0.05, 0.1) is 24.1 Å². The number of nitrogens with zero attached hydrogens (tertiary/aromatic N) is 3. The number of piperidine rings is 1. The van der Waals surface area contributed by atoms with Crippen LogP contribution in [0.15, 0.2) is 11.1 Å². The summed E-state index contributed by atoms with van der Waals surface area (Å²) in [5.41, 5.74) is 4.13. The quantitative estimate of drug-likeness (QED) is 0.683. The molecule has 1 aliphatic heterocycles. The van der Waals surface area contributed by atoms with Crippen LogP contribution in [0.3, 0.4) is 0 Å². The van der Waals surface area contributed by atoms with E-state index < -0.39 is 9.84 Å². The molecular weight excluding hydrogens is 388 g/mol. The molecule has 0 saturated carbocycles. The van der Waals surface area contributed by atoms with Gasteiger partial charge in [0.15, 0.2) is 9.84 Å². The molecule has 1 saturated heterocycles. The van der Waals surface area contributed by atoms with Gasteiger partial charge in [0.25, 0.3) is 0 Å². The summed E-state index contributed by atoms with van der Waals surface area (Å²) in [4.78, 5) is 9.04. The molecule has 27 heavy (non-hydrogen) atoms. The minimum Gasteiger partial charge on any atom is -0.348 e. The molecule has 2 aromatic heterocycles. The molecule has 1 aliphatic carbocycles. The van der Waals surface area contributed by atoms with E-state index in [-0.39, 0.29) is 23.2 Å². The van der Waals surface area contributed by atoms with E-state index in [1.807, 2.05) is 0 Å². The molecule has 0 radical (unpaired) electrons. The fourth-order valence-electron chi connectivity index (χ4n) is 3.83. The molecule has 10 heteroatoms. The van der Waals surface area contributed by atoms with Gasteiger partial charge in [-0.1, -0.05) is 0 Å². The van der Waals surface area contributed by atoms with Crippen LogP contribution in [-0.4, -0.2) is 47.9 Å². The number of fused-ring (bicyclic) bond motifs is 1. The summed E-state index contributed by atoms with van der Waals surface area (Å²) in [6.45, 7) is 2.24. The number of aryl methyl sites for hydroxylation is 1. The third-order valence-corrected chi connectivity index (χ3v) is 6.29. The Kier molecular flexibility index (Phi) is 6.02. The topological polar surface area (TPSA) is 113 Å². The summed E-state index contributed by atoms with van der Waals surface area (Å²) in [6, 6.07) is 0. The van der Waals surface area contributed by atoms with E-state index in [0.29, 0.717) is 18.2 Å². The van der Waals surface area contributed by atoms with Crippen LogP contribution in [0.2, 0.25) is 0 Å². The summed E-state index contributed by atoms with van der Waals surface area (Å²) < 4.78 is 24.3. The Bertz CT molecular complexity index is 908. The van der Waals surface area contributed by atoms with Crippen molar-refractivity contribution in [2.24, 2.45) is 0 Å². The number of halogens is 1. The maximum atomic E-state index is 12.1. The lowest BCUT2D eigenvalue weighted by atomic mass is 9.96. The molecule has 0 spiro atoms. The summed E-state index contributed by atoms with van der Waals surface area (Å²) >= 11 is 0. The predicted molar refractivity (Wildman–Crippen MR) is 105 cm³/mol. The first kappa shape index (κ1) is 20.0. The third-order valence-electron chi connectivity index (χ3n) is 5.17. The average molecular weight is 413 g/mol. The molecule has 2 aromatic rings. The second-order valence-corrected chi connectivity index (χ2v) is 9.08. The van der Waals surface area contributed by atoms with Crippen molar-refractivity contribution in [3.8, 4) is 0 Å². The number of hydrogen-bond donors (Lipinski definition) is 3. The molecule has 3 heterocycles. The van der Waals surface area contributed by atoms with Crippen molar-refractivity contribution in [2.45, 2.75) is 49.5 Å². The molecule has 3 N–H and O–H groups in total. The van der Waals surface area contributed by atoms with Crippen LogP contribution in [0.5, 0.6) is 0 Å². The van der Waals surface area contributed by atoms with Crippen molar-refractivity contribution in [1.82, 2.24) is 25.5 Å². The van der Waals surface area contributed by atoms with Gasteiger partial charge in [0, 0.05) is 24.4 Å². The minimum absolute atomic E-state index is 0. The van der Waals surface area contributed by atoms with Gasteiger partial charge >= 0.3 is 0 Å². The van der Waals surface area contributed by atoms with E-state index in [2.05, 4.69) is 30.8 Å². The van der Waals surface area contributed by atoms with Gasteiger partial charge in [-0.15, -0.1) is 12.4 Å². The monoisotopic (exact) mass is 412 g/mol. The van der Waals surface area contributed by atoms with Crippen molar-refractivity contribution in [3.05, 3.63) is 28.8 Å². The predicted octanol–water partition coefficient (Wildman–Crippen LogP) is 1.59. The smallest absolute Gasteiger partial charge is 0.223 e. The zero-order valence-electron chi connectivity index (χ0n) is 15.3. The molecule has 8 nitrogen and oxygen atoms in total. The number of anilines is 1. The normalized spacial score (nSPS) is 19.4. The number of rotatable bonds is 5. The zero-order chi connectivity index (χ0) is 18.1. The van der Waals surface area contributed by atoms with Gasteiger partial charge in [-0.2, -0.15) is 5.10 Å². The van der Waals surface area contributed by atoms with Crippen LogP contribution < -0.4 is 10.6 Å². The average Bonchev–Trinajstić information content (AvgIpc) is 3.24. The summed E-state index contributed by atoms with van der Waals surface area (Å²) in [7, 11) is -3.36. The van der Waals surface area contributed by atoms with Gasteiger partial charge in [-0.05, 0) is 44.2 Å². The highest BCUT2D eigenvalue weighted by Gasteiger charge is 2.25. The Morgan fingerprint density at radius 2 is 2.15 bits per heavy atom. The van der Waals surface area contributed by atoms with Gasteiger partial charge in [-0.3, -0.25) is 5.10 Å². The lowest BCUT2D eigenvalue weighted by Crippen LogP contribution is -2.30. The van der Waals surface area contributed by atoms with Gasteiger partial charge in [0.1, 0.15) is 4.90 Å². The minimum atomic E-state index is -3.36. The molecule has 2 aliphatic rings. The third kappa shape index (κ3) is 4.25. The number of aromatic nitrogens is 4. The van der Waals surface area contributed by atoms with Gasteiger partial charge in [0.2, 0.25) is 5.95 Å². The van der Waals surface area contributed by atoms with E-state index in [0.717, 1.165) is 50.9 Å². The van der Waals surface area contributed by atoms with E-state index in [1.165, 1.54) is 23.7 Å². The Hall–Kier alpha value is -1.71. The van der Waals surface area contributed by atoms with Crippen LogP contribution in [0.4, 0.5) is 5.95 Å². The first-order valence-corrected chi connectivity index (χ1v) is 11.0. The first-order valence-electron chi connectivity index (χ1n) is 9.09. The molecule has 148 valence electrons. The van der Waals surface area contributed by atoms with Crippen molar-refractivity contribution >= 4 is 28.2 Å². The van der Waals surface area contributed by atoms with Crippen LogP contribution in [-0.2, 0) is 29.2 Å². The largest absolute Gasteiger partial charge is 0.348 e. The highest BCUT2D eigenvalue weighted by Crippen LogP contribution is 2.28. The lowest BCUT2D eigenvalue weighted by molar-refractivity contribution is 0.448. The van der Waals surface area contributed by atoms with Gasteiger partial charge in [-0.25, -0.2) is 18.4 Å². The summed E-state index contributed by atoms with van der Waals surface area (Å²) in [5, 5.41) is 14.0. The second kappa shape index (κ2) is 8.12. The Morgan fingerprint density at radius 1 is 1.30 bits per heavy atom. The van der Waals surface area contributed by atoms with E-state index in [9.17, 15) is 8.42 Å². The molecule has 1 fully saturated rings. The lowest BCUT2D eigenvalue weighted by Gasteiger charge is -2.24. The van der Waals surface area contributed by atoms with Crippen LogP contribution >= 0.6 is 12.4 Å². The molecular formula is C17H25ClN6O2S. The molecule has 0 aromatic carbocycles. The SMILES string of the molecule is CS(=O)(=O)c1cnc(NCc2n[nH]c3c2CCC3)nc1C1CCCNC1.Cl. The van der Waals surface area contributed by atoms with E-state index in [4.69, 9.17) is 0 Å². The Labute approximate surface area is 165 Å². The maximum Gasteiger partial charge on any atom is 0.223 e. The fraction of sp³-hybridized carbons (Fsp3) is 0.588. The van der Waals surface area contributed by atoms with E-state index >= 15 is 0 Å². The highest BCUT2D eigenvalue weighted by atomic mass is 35.5. The zero-order valence-corrected chi connectivity index (χ0v) is 16.9. The maximum absolute atomic E-state index is 12.1. The number of hydrogen-bond acceptors (Lipinski definition) is 7. The van der Waals surface area contributed by atoms with Crippen LogP contribution in [0, 0.1) is 0 Å².